The van der Waals surface area contributed by atoms with Gasteiger partial charge in [0.25, 0.3) is 0 Å². The molecule has 0 aromatic heterocycles. The fourth-order valence-corrected chi connectivity index (χ4v) is 8.79. The number of unbranched alkanes of at least 4 members (excludes halogenated alkanes) is 48. The first-order valence-corrected chi connectivity index (χ1v) is 27.0. The Bertz CT molecular complexity index is 562. The minimum atomic E-state index is 0.999. The highest BCUT2D eigenvalue weighted by molar-refractivity contribution is 4.54. The molecule has 0 saturated carbocycles. The van der Waals surface area contributed by atoms with Crippen LogP contribution >= 0.6 is 0 Å². The molecule has 0 aromatic carbocycles. The van der Waals surface area contributed by atoms with E-state index in [2.05, 4.69) is 13.8 Å². The van der Waals surface area contributed by atoms with Crippen LogP contribution in [-0.2, 0) is 4.74 Å². The zero-order valence-corrected chi connectivity index (χ0v) is 39.2. The summed E-state index contributed by atoms with van der Waals surface area (Å²) in [6.45, 7) is 6.62. The van der Waals surface area contributed by atoms with Gasteiger partial charge in [-0.1, -0.05) is 322 Å². The Balaban J connectivity index is 3.05. The van der Waals surface area contributed by atoms with Crippen molar-refractivity contribution in [2.24, 2.45) is 0 Å². The van der Waals surface area contributed by atoms with Crippen LogP contribution in [0.3, 0.4) is 0 Å². The lowest BCUT2D eigenvalue weighted by Gasteiger charge is -2.06. The molecule has 0 aliphatic heterocycles. The highest BCUT2D eigenvalue weighted by Crippen LogP contribution is 2.18. The smallest absolute Gasteiger partial charge is 0.0466 e. The van der Waals surface area contributed by atoms with Crippen LogP contribution < -0.4 is 0 Å². The van der Waals surface area contributed by atoms with Crippen molar-refractivity contribution in [2.45, 2.75) is 335 Å². The van der Waals surface area contributed by atoms with E-state index in [1.165, 1.54) is 321 Å². The van der Waals surface area contributed by atoms with Crippen molar-refractivity contribution in [1.82, 2.24) is 0 Å². The summed E-state index contributed by atoms with van der Waals surface area (Å²) in [5.74, 6) is 0. The van der Waals surface area contributed by atoms with Gasteiger partial charge in [0.1, 0.15) is 0 Å². The van der Waals surface area contributed by atoms with Gasteiger partial charge in [0.2, 0.25) is 0 Å². The van der Waals surface area contributed by atoms with Gasteiger partial charge in [-0.05, 0) is 12.8 Å². The molecule has 0 aromatic rings. The van der Waals surface area contributed by atoms with Gasteiger partial charge in [-0.15, -0.1) is 0 Å². The first-order chi connectivity index (χ1) is 27.4. The molecule has 0 N–H and O–H groups in total. The molecule has 0 bridgehead atoms. The minimum Gasteiger partial charge on any atom is -0.381 e. The van der Waals surface area contributed by atoms with Crippen LogP contribution in [0.1, 0.15) is 335 Å². The van der Waals surface area contributed by atoms with Crippen LogP contribution in [0.5, 0.6) is 0 Å². The van der Waals surface area contributed by atoms with Crippen LogP contribution in [0.15, 0.2) is 0 Å². The molecule has 0 radical (unpaired) electrons. The second-order valence-electron chi connectivity index (χ2n) is 18.6. The van der Waals surface area contributed by atoms with E-state index in [9.17, 15) is 0 Å². The Hall–Kier alpha value is -0.0400. The van der Waals surface area contributed by atoms with Crippen LogP contribution in [0.25, 0.3) is 0 Å². The van der Waals surface area contributed by atoms with Crippen molar-refractivity contribution in [3.8, 4) is 0 Å². The number of hydrogen-bond donors (Lipinski definition) is 0. The molecule has 1 heteroatoms. The summed E-state index contributed by atoms with van der Waals surface area (Å²) in [7, 11) is 0. The molecule has 0 heterocycles. The van der Waals surface area contributed by atoms with E-state index < -0.39 is 0 Å². The normalized spacial score (nSPS) is 11.7. The van der Waals surface area contributed by atoms with Crippen molar-refractivity contribution in [3.05, 3.63) is 0 Å². The maximum atomic E-state index is 5.94. The topological polar surface area (TPSA) is 9.23 Å². The summed E-state index contributed by atoms with van der Waals surface area (Å²) in [6, 6.07) is 0. The van der Waals surface area contributed by atoms with Gasteiger partial charge in [-0.3, -0.25) is 0 Å². The molecule has 0 unspecified atom stereocenters. The molecule has 0 spiro atoms. The molecule has 55 heavy (non-hydrogen) atoms. The number of ether oxygens (including phenoxy) is 1. The van der Waals surface area contributed by atoms with Gasteiger partial charge in [-0.25, -0.2) is 0 Å². The molecular formula is C54H110O. The molecule has 0 rings (SSSR count). The van der Waals surface area contributed by atoms with Gasteiger partial charge >= 0.3 is 0 Å². The van der Waals surface area contributed by atoms with Gasteiger partial charge in [0.15, 0.2) is 0 Å². The lowest BCUT2D eigenvalue weighted by molar-refractivity contribution is 0.125. The molecular weight excluding hydrogens is 665 g/mol. The predicted molar refractivity (Wildman–Crippen MR) is 253 cm³/mol. The average molecular weight is 775 g/mol. The fourth-order valence-electron chi connectivity index (χ4n) is 8.79. The van der Waals surface area contributed by atoms with Crippen molar-refractivity contribution < 1.29 is 4.74 Å². The second-order valence-corrected chi connectivity index (χ2v) is 18.6. The summed E-state index contributed by atoms with van der Waals surface area (Å²) in [5, 5.41) is 0. The van der Waals surface area contributed by atoms with Crippen LogP contribution in [-0.4, -0.2) is 13.2 Å². The van der Waals surface area contributed by atoms with Gasteiger partial charge in [0.05, 0.1) is 0 Å². The first kappa shape index (κ1) is 55.0. The monoisotopic (exact) mass is 775 g/mol. The van der Waals surface area contributed by atoms with Gasteiger partial charge in [-0.2, -0.15) is 0 Å². The Kier molecular flexibility index (Phi) is 53.9. The van der Waals surface area contributed by atoms with E-state index in [1.807, 2.05) is 0 Å². The van der Waals surface area contributed by atoms with Crippen LogP contribution in [0.2, 0.25) is 0 Å². The molecule has 0 aliphatic rings. The maximum Gasteiger partial charge on any atom is 0.0466 e. The van der Waals surface area contributed by atoms with Crippen molar-refractivity contribution >= 4 is 0 Å². The van der Waals surface area contributed by atoms with E-state index in [4.69, 9.17) is 4.74 Å². The van der Waals surface area contributed by atoms with E-state index in [1.54, 1.807) is 0 Å². The zero-order valence-electron chi connectivity index (χ0n) is 39.2. The van der Waals surface area contributed by atoms with Crippen molar-refractivity contribution in [3.63, 3.8) is 0 Å². The van der Waals surface area contributed by atoms with E-state index in [-0.39, 0.29) is 0 Å². The SMILES string of the molecule is CCCCCCCCCCCCCCCCCCCCCCCCCCCOCCCCCCCCCCCCCCCCCCCCCCCCCCC. The quantitative estimate of drug-likeness (QED) is 0.0559. The Morgan fingerprint density at radius 1 is 0.145 bits per heavy atom. The first-order valence-electron chi connectivity index (χ1n) is 27.0. The molecule has 1 nitrogen and oxygen atoms in total. The van der Waals surface area contributed by atoms with Gasteiger partial charge in [0, 0.05) is 13.2 Å². The number of rotatable bonds is 52. The summed E-state index contributed by atoms with van der Waals surface area (Å²) in [4.78, 5) is 0. The predicted octanol–water partition coefficient (Wildman–Crippen LogP) is 20.5. The molecule has 332 valence electrons. The number of hydrogen-bond acceptors (Lipinski definition) is 1. The third-order valence-electron chi connectivity index (χ3n) is 12.8. The molecule has 0 fully saturated rings. The Morgan fingerprint density at radius 3 is 0.382 bits per heavy atom. The standard InChI is InChI=1S/C54H110O/c1-3-5-7-9-11-13-15-17-19-21-23-25-27-29-31-33-35-37-39-41-43-45-47-49-51-53-55-54-52-50-48-46-44-42-40-38-36-34-32-30-28-26-24-22-20-18-16-14-12-10-8-6-4-2/h3-54H2,1-2H3. The molecule has 0 amide bonds. The second kappa shape index (κ2) is 54.0. The van der Waals surface area contributed by atoms with E-state index >= 15 is 0 Å². The Labute approximate surface area is 351 Å². The molecule has 0 atom stereocenters. The average Bonchev–Trinajstić information content (AvgIpc) is 3.20. The molecule has 0 aliphatic carbocycles. The van der Waals surface area contributed by atoms with Gasteiger partial charge < -0.3 is 4.74 Å². The van der Waals surface area contributed by atoms with E-state index in [0.29, 0.717) is 0 Å². The lowest BCUT2D eigenvalue weighted by atomic mass is 10.0. The highest BCUT2D eigenvalue weighted by Gasteiger charge is 1.99. The lowest BCUT2D eigenvalue weighted by Crippen LogP contribution is -1.97. The largest absolute Gasteiger partial charge is 0.381 e. The minimum absolute atomic E-state index is 0.999. The molecule has 0 saturated heterocycles. The van der Waals surface area contributed by atoms with Crippen molar-refractivity contribution in [2.75, 3.05) is 13.2 Å². The summed E-state index contributed by atoms with van der Waals surface area (Å²) < 4.78 is 5.94. The third kappa shape index (κ3) is 54.0. The van der Waals surface area contributed by atoms with Crippen LogP contribution in [0.4, 0.5) is 0 Å². The zero-order chi connectivity index (χ0) is 39.5. The summed E-state index contributed by atoms with van der Waals surface area (Å²) in [5.41, 5.74) is 0. The summed E-state index contributed by atoms with van der Waals surface area (Å²) in [6.07, 6.45) is 72.9. The highest BCUT2D eigenvalue weighted by atomic mass is 16.5. The van der Waals surface area contributed by atoms with E-state index in [0.717, 1.165) is 13.2 Å². The summed E-state index contributed by atoms with van der Waals surface area (Å²) >= 11 is 0. The Morgan fingerprint density at radius 2 is 0.255 bits per heavy atom. The van der Waals surface area contributed by atoms with Crippen LogP contribution in [0, 0.1) is 0 Å². The fraction of sp³-hybridized carbons (Fsp3) is 1.00. The van der Waals surface area contributed by atoms with Crippen molar-refractivity contribution in [1.29, 1.82) is 0 Å². The maximum absolute atomic E-state index is 5.94. The third-order valence-corrected chi connectivity index (χ3v) is 12.8.